The Kier molecular flexibility index (Phi) is 9.73. The van der Waals surface area contributed by atoms with Gasteiger partial charge in [-0.3, -0.25) is 0 Å². The minimum absolute atomic E-state index is 0.249. The molecule has 2 aromatic rings. The fraction of sp³-hybridized carbons (Fsp3) is 0. The highest BCUT2D eigenvalue weighted by molar-refractivity contribution is 9.16. The summed E-state index contributed by atoms with van der Waals surface area (Å²) in [7, 11) is 0. The van der Waals surface area contributed by atoms with E-state index >= 15 is 0 Å². The summed E-state index contributed by atoms with van der Waals surface area (Å²) in [6, 6.07) is 0. The average Bonchev–Trinajstić information content (AvgIpc) is 2.62. The molecule has 0 amide bonds. The van der Waals surface area contributed by atoms with E-state index < -0.39 is 6.16 Å². The quantitative estimate of drug-likeness (QED) is 0.130. The van der Waals surface area contributed by atoms with Crippen LogP contribution in [0.15, 0.2) is 44.7 Å². The summed E-state index contributed by atoms with van der Waals surface area (Å²) in [5, 5.41) is 0. The Morgan fingerprint density at radius 1 is 0.423 bits per heavy atom. The third-order valence-electron chi connectivity index (χ3n) is 2.71. The van der Waals surface area contributed by atoms with E-state index in [0.29, 0.717) is 35.8 Å². The maximum Gasteiger partial charge on any atom is 0.519 e. The van der Waals surface area contributed by atoms with Crippen molar-refractivity contribution < 1.29 is 14.3 Å². The predicted molar refractivity (Wildman–Crippen MR) is 137 cm³/mol. The first kappa shape index (κ1) is 24.8. The van der Waals surface area contributed by atoms with Gasteiger partial charge < -0.3 is 9.47 Å². The van der Waals surface area contributed by atoms with E-state index in [1.54, 1.807) is 0 Å². The molecule has 0 saturated heterocycles. The third-order valence-corrected chi connectivity index (χ3v) is 14.8. The number of benzene rings is 2. The molecule has 26 heavy (non-hydrogen) atoms. The van der Waals surface area contributed by atoms with Gasteiger partial charge in [-0.15, -0.1) is 0 Å². The number of halogens is 10. The van der Waals surface area contributed by atoms with E-state index in [9.17, 15) is 4.79 Å². The molecule has 0 unspecified atom stereocenters. The second kappa shape index (κ2) is 10.2. The van der Waals surface area contributed by atoms with Crippen LogP contribution in [0.2, 0.25) is 0 Å². The van der Waals surface area contributed by atoms with E-state index in [4.69, 9.17) is 9.47 Å². The molecule has 0 bridgehead atoms. The molecule has 0 fully saturated rings. The van der Waals surface area contributed by atoms with Crippen molar-refractivity contribution in [2.75, 3.05) is 0 Å². The Bertz CT molecular complexity index is 796. The summed E-state index contributed by atoms with van der Waals surface area (Å²) in [6.45, 7) is 0. The lowest BCUT2D eigenvalue weighted by molar-refractivity contribution is 0.150. The highest BCUT2D eigenvalue weighted by Crippen LogP contribution is 2.50. The zero-order chi connectivity index (χ0) is 19.9. The largest absolute Gasteiger partial charge is 0.519 e. The van der Waals surface area contributed by atoms with Gasteiger partial charge in [0.05, 0.1) is 35.8 Å². The summed E-state index contributed by atoms with van der Waals surface area (Å²) in [5.41, 5.74) is 0. The number of hydrogen-bond donors (Lipinski definition) is 0. The standard InChI is InChI=1S/C13Br10O3/c14-1-3(16)7(20)11(8(21)4(1)17)25-13(24)26-12-9(22)5(18)2(15)6(19)10(12)23. The molecule has 0 heterocycles. The molecule has 2 aromatic carbocycles. The Morgan fingerprint density at radius 2 is 0.615 bits per heavy atom. The lowest BCUT2D eigenvalue weighted by Crippen LogP contribution is -2.15. The molecule has 0 spiro atoms. The molecule has 13 heteroatoms. The van der Waals surface area contributed by atoms with Crippen molar-refractivity contribution in [3.8, 4) is 11.5 Å². The van der Waals surface area contributed by atoms with Gasteiger partial charge in [0, 0.05) is 8.95 Å². The Balaban J connectivity index is 2.41. The first-order valence-corrected chi connectivity index (χ1v) is 13.8. The Hall–Kier alpha value is 2.51. The summed E-state index contributed by atoms with van der Waals surface area (Å²) >= 11 is 34.1. The summed E-state index contributed by atoms with van der Waals surface area (Å²) in [4.78, 5) is 12.4. The van der Waals surface area contributed by atoms with E-state index in [0.717, 1.165) is 8.95 Å². The fourth-order valence-corrected chi connectivity index (χ4v) is 7.88. The highest BCUT2D eigenvalue weighted by atomic mass is 79.9. The van der Waals surface area contributed by atoms with Gasteiger partial charge in [-0.2, -0.15) is 0 Å². The molecule has 0 saturated carbocycles. The number of rotatable bonds is 2. The fourth-order valence-electron chi connectivity index (χ4n) is 1.54. The van der Waals surface area contributed by atoms with Gasteiger partial charge >= 0.3 is 6.16 Å². The second-order valence-corrected chi connectivity index (χ2v) is 12.2. The molecular weight excluding hydrogens is 1000 g/mol. The van der Waals surface area contributed by atoms with Crippen LogP contribution < -0.4 is 9.47 Å². The number of ether oxygens (including phenoxy) is 2. The number of hydrogen-bond acceptors (Lipinski definition) is 3. The van der Waals surface area contributed by atoms with Crippen molar-refractivity contribution in [1.29, 1.82) is 0 Å². The lowest BCUT2D eigenvalue weighted by Gasteiger charge is -2.15. The molecule has 3 nitrogen and oxygen atoms in total. The number of carbonyl (C=O) groups is 1. The van der Waals surface area contributed by atoms with Crippen LogP contribution in [0.3, 0.4) is 0 Å². The summed E-state index contributed by atoms with van der Waals surface area (Å²) < 4.78 is 17.1. The molecule has 0 aliphatic carbocycles. The molecular formula is C13Br10O3. The van der Waals surface area contributed by atoms with Crippen molar-refractivity contribution in [3.63, 3.8) is 0 Å². The first-order chi connectivity index (χ1) is 12.0. The summed E-state index contributed by atoms with van der Waals surface area (Å²) in [5.74, 6) is 0.499. The molecule has 0 aromatic heterocycles. The van der Waals surface area contributed by atoms with Crippen LogP contribution in [0.25, 0.3) is 0 Å². The van der Waals surface area contributed by atoms with Crippen molar-refractivity contribution in [2.45, 2.75) is 0 Å². The Labute approximate surface area is 232 Å². The van der Waals surface area contributed by atoms with Crippen LogP contribution >= 0.6 is 159 Å². The molecule has 140 valence electrons. The van der Waals surface area contributed by atoms with E-state index in [1.165, 1.54) is 0 Å². The van der Waals surface area contributed by atoms with Gasteiger partial charge in [-0.05, 0) is 159 Å². The van der Waals surface area contributed by atoms with Gasteiger partial charge in [0.15, 0.2) is 11.5 Å². The maximum atomic E-state index is 12.4. The molecule has 2 rings (SSSR count). The van der Waals surface area contributed by atoms with Crippen molar-refractivity contribution in [3.05, 3.63) is 44.7 Å². The topological polar surface area (TPSA) is 35.5 Å². The Morgan fingerprint density at radius 3 is 0.846 bits per heavy atom. The van der Waals surface area contributed by atoms with Crippen molar-refractivity contribution in [2.24, 2.45) is 0 Å². The van der Waals surface area contributed by atoms with Gasteiger partial charge in [-0.1, -0.05) is 0 Å². The SMILES string of the molecule is O=C(Oc1c(Br)c(Br)c(Br)c(Br)c1Br)Oc1c(Br)c(Br)c(Br)c(Br)c1Br. The van der Waals surface area contributed by atoms with Crippen LogP contribution in [-0.2, 0) is 0 Å². The molecule has 0 aliphatic rings. The van der Waals surface area contributed by atoms with Gasteiger partial charge in [0.1, 0.15) is 0 Å². The number of carbonyl (C=O) groups excluding carboxylic acids is 1. The van der Waals surface area contributed by atoms with E-state index in [-0.39, 0.29) is 11.5 Å². The third kappa shape index (κ3) is 5.04. The minimum atomic E-state index is -0.921. The van der Waals surface area contributed by atoms with E-state index in [2.05, 4.69) is 159 Å². The maximum absolute atomic E-state index is 12.4. The predicted octanol–water partition coefficient (Wildman–Crippen LogP) is 10.9. The molecule has 0 atom stereocenters. The minimum Gasteiger partial charge on any atom is -0.392 e. The van der Waals surface area contributed by atoms with Gasteiger partial charge in [0.25, 0.3) is 0 Å². The summed E-state index contributed by atoms with van der Waals surface area (Å²) in [6.07, 6.45) is -0.921. The van der Waals surface area contributed by atoms with Gasteiger partial charge in [0.2, 0.25) is 0 Å². The van der Waals surface area contributed by atoms with Gasteiger partial charge in [-0.25, -0.2) is 4.79 Å². The van der Waals surface area contributed by atoms with Crippen molar-refractivity contribution >= 4 is 165 Å². The molecule has 0 radical (unpaired) electrons. The van der Waals surface area contributed by atoms with Crippen LogP contribution in [0.4, 0.5) is 4.79 Å². The molecule has 0 N–H and O–H groups in total. The second-order valence-electron chi connectivity index (χ2n) is 4.25. The van der Waals surface area contributed by atoms with Crippen LogP contribution in [0.5, 0.6) is 11.5 Å². The zero-order valence-electron chi connectivity index (χ0n) is 11.5. The van der Waals surface area contributed by atoms with Crippen molar-refractivity contribution in [1.82, 2.24) is 0 Å². The lowest BCUT2D eigenvalue weighted by atomic mass is 10.3. The molecule has 0 aliphatic heterocycles. The average molecular weight is 1000 g/mol. The van der Waals surface area contributed by atoms with Crippen LogP contribution in [-0.4, -0.2) is 6.16 Å². The van der Waals surface area contributed by atoms with Crippen LogP contribution in [0.1, 0.15) is 0 Å². The normalized spacial score (nSPS) is 10.8. The van der Waals surface area contributed by atoms with E-state index in [1.807, 2.05) is 0 Å². The smallest absolute Gasteiger partial charge is 0.392 e. The zero-order valence-corrected chi connectivity index (χ0v) is 27.4. The monoisotopic (exact) mass is 993 g/mol. The highest BCUT2D eigenvalue weighted by Gasteiger charge is 2.25. The first-order valence-electron chi connectivity index (χ1n) is 5.91. The van der Waals surface area contributed by atoms with Crippen LogP contribution in [0, 0.1) is 0 Å².